The van der Waals surface area contributed by atoms with Gasteiger partial charge in [-0.1, -0.05) is 0 Å². The minimum atomic E-state index is -4.43. The Labute approximate surface area is 167 Å². The highest BCUT2D eigenvalue weighted by Gasteiger charge is 2.49. The van der Waals surface area contributed by atoms with Crippen LogP contribution in [0.5, 0.6) is 0 Å². The summed E-state index contributed by atoms with van der Waals surface area (Å²) in [6, 6.07) is 7.69. The van der Waals surface area contributed by atoms with Crippen molar-refractivity contribution < 1.29 is 26.8 Å². The van der Waals surface area contributed by atoms with Crippen LogP contribution in [0.15, 0.2) is 47.0 Å². The van der Waals surface area contributed by atoms with E-state index < -0.39 is 29.7 Å². The zero-order chi connectivity index (χ0) is 21.4. The van der Waals surface area contributed by atoms with Gasteiger partial charge in [-0.3, -0.25) is 4.79 Å². The van der Waals surface area contributed by atoms with E-state index >= 15 is 0 Å². The molecule has 1 amide bonds. The van der Waals surface area contributed by atoms with Crippen molar-refractivity contribution in [1.82, 2.24) is 20.5 Å². The van der Waals surface area contributed by atoms with E-state index in [1.165, 1.54) is 18.3 Å². The lowest BCUT2D eigenvalue weighted by atomic mass is 9.88. The molecule has 0 saturated carbocycles. The Hall–Kier alpha value is -3.50. The van der Waals surface area contributed by atoms with Crippen LogP contribution in [0.1, 0.15) is 17.9 Å². The number of aromatic nitrogens is 3. The molecule has 1 saturated heterocycles. The molecule has 3 heterocycles. The van der Waals surface area contributed by atoms with Crippen LogP contribution in [-0.4, -0.2) is 34.3 Å². The van der Waals surface area contributed by atoms with Crippen LogP contribution in [0.25, 0.3) is 11.6 Å². The smallest absolute Gasteiger partial charge is 0.416 e. The van der Waals surface area contributed by atoms with E-state index in [4.69, 9.17) is 4.42 Å². The van der Waals surface area contributed by atoms with Crippen molar-refractivity contribution in [3.63, 3.8) is 0 Å². The van der Waals surface area contributed by atoms with Gasteiger partial charge >= 0.3 is 6.18 Å². The van der Waals surface area contributed by atoms with Gasteiger partial charge in [0.2, 0.25) is 11.8 Å². The van der Waals surface area contributed by atoms with Crippen molar-refractivity contribution >= 4 is 17.3 Å². The van der Waals surface area contributed by atoms with Crippen molar-refractivity contribution in [3.8, 4) is 11.6 Å². The lowest BCUT2D eigenvalue weighted by molar-refractivity contribution is -0.137. The van der Waals surface area contributed by atoms with E-state index in [0.717, 1.165) is 12.1 Å². The van der Waals surface area contributed by atoms with Gasteiger partial charge in [0.1, 0.15) is 6.67 Å². The number of nitrogens with zero attached hydrogens (tertiary/aromatic N) is 3. The minimum absolute atomic E-state index is 0.0486. The van der Waals surface area contributed by atoms with E-state index in [1.54, 1.807) is 12.1 Å². The molecule has 30 heavy (non-hydrogen) atoms. The first-order valence-corrected chi connectivity index (χ1v) is 8.91. The predicted molar refractivity (Wildman–Crippen MR) is 97.5 cm³/mol. The van der Waals surface area contributed by atoms with Gasteiger partial charge in [0.05, 0.1) is 11.3 Å². The average Bonchev–Trinajstić information content (AvgIpc) is 3.35. The summed E-state index contributed by atoms with van der Waals surface area (Å²) < 4.78 is 57.5. The van der Waals surface area contributed by atoms with Crippen LogP contribution in [0.2, 0.25) is 0 Å². The summed E-state index contributed by atoms with van der Waals surface area (Å²) in [6.45, 7) is -0.690. The van der Waals surface area contributed by atoms with E-state index in [0.29, 0.717) is 17.9 Å². The van der Waals surface area contributed by atoms with E-state index in [2.05, 4.69) is 25.8 Å². The SMILES string of the molecule is O=C1NCC[C@]1(CF)c1nnc(-c2ncccc2Nc2ccc(C(F)(F)F)cc2)o1. The summed E-state index contributed by atoms with van der Waals surface area (Å²) in [6.07, 6.45) is -2.79. The third-order valence-electron chi connectivity index (χ3n) is 4.84. The predicted octanol–water partition coefficient (Wildman–Crippen LogP) is 3.62. The maximum Gasteiger partial charge on any atom is 0.416 e. The molecule has 7 nitrogen and oxygen atoms in total. The molecule has 156 valence electrons. The fourth-order valence-electron chi connectivity index (χ4n) is 3.15. The summed E-state index contributed by atoms with van der Waals surface area (Å²) in [5.41, 5.74) is -1.32. The molecule has 3 aromatic rings. The average molecular weight is 421 g/mol. The first-order valence-electron chi connectivity index (χ1n) is 8.91. The van der Waals surface area contributed by atoms with Gasteiger partial charge in [-0.05, 0) is 42.8 Å². The van der Waals surface area contributed by atoms with E-state index in [9.17, 15) is 22.4 Å². The molecular formula is C19H15F4N5O2. The third-order valence-corrected chi connectivity index (χ3v) is 4.84. The van der Waals surface area contributed by atoms with Crippen molar-refractivity contribution in [1.29, 1.82) is 0 Å². The highest BCUT2D eigenvalue weighted by atomic mass is 19.4. The topological polar surface area (TPSA) is 92.9 Å². The number of carbonyl (C=O) groups is 1. The molecule has 2 aromatic heterocycles. The first kappa shape index (κ1) is 19.8. The molecule has 0 radical (unpaired) electrons. The molecule has 0 aliphatic carbocycles. The molecule has 0 bridgehead atoms. The van der Waals surface area contributed by atoms with Gasteiger partial charge in [0.15, 0.2) is 11.1 Å². The van der Waals surface area contributed by atoms with Gasteiger partial charge in [0, 0.05) is 18.4 Å². The van der Waals surface area contributed by atoms with Gasteiger partial charge in [-0.15, -0.1) is 10.2 Å². The van der Waals surface area contributed by atoms with Gasteiger partial charge in [-0.2, -0.15) is 13.2 Å². The number of pyridine rings is 1. The summed E-state index contributed by atoms with van der Waals surface area (Å²) in [5, 5.41) is 13.2. The van der Waals surface area contributed by atoms with E-state index in [1.807, 2.05) is 0 Å². The second-order valence-electron chi connectivity index (χ2n) is 6.73. The van der Waals surface area contributed by atoms with Crippen molar-refractivity contribution in [2.45, 2.75) is 18.0 Å². The quantitative estimate of drug-likeness (QED) is 0.612. The van der Waals surface area contributed by atoms with Crippen LogP contribution in [0.3, 0.4) is 0 Å². The number of hydrogen-bond acceptors (Lipinski definition) is 6. The lowest BCUT2D eigenvalue weighted by Crippen LogP contribution is -2.37. The maximum atomic E-state index is 13.7. The molecule has 0 unspecified atom stereocenters. The zero-order valence-electron chi connectivity index (χ0n) is 15.3. The number of alkyl halides is 4. The Morgan fingerprint density at radius 2 is 1.93 bits per heavy atom. The minimum Gasteiger partial charge on any atom is -0.418 e. The highest BCUT2D eigenvalue weighted by molar-refractivity contribution is 5.89. The zero-order valence-corrected chi connectivity index (χ0v) is 15.3. The molecule has 1 aliphatic rings. The molecule has 1 aliphatic heterocycles. The third kappa shape index (κ3) is 3.46. The standard InChI is InChI=1S/C19H15F4N5O2/c20-10-18(7-9-25-16(18)29)17-28-27-15(30-17)14-13(2-1-8-24-14)26-12-5-3-11(4-6-12)19(21,22)23/h1-6,8,26H,7,9-10H2,(H,25,29)/t18-/m1/s1. The van der Waals surface area contributed by atoms with Crippen LogP contribution < -0.4 is 10.6 Å². The van der Waals surface area contributed by atoms with Crippen LogP contribution in [0.4, 0.5) is 28.9 Å². The number of benzene rings is 1. The second kappa shape index (κ2) is 7.39. The number of anilines is 2. The molecule has 11 heteroatoms. The Bertz CT molecular complexity index is 1070. The Morgan fingerprint density at radius 1 is 1.17 bits per heavy atom. The molecule has 4 rings (SSSR count). The Balaban J connectivity index is 1.63. The van der Waals surface area contributed by atoms with Crippen LogP contribution >= 0.6 is 0 Å². The summed E-state index contributed by atoms with van der Waals surface area (Å²) >= 11 is 0. The molecule has 1 fully saturated rings. The molecule has 1 aromatic carbocycles. The number of nitrogens with one attached hydrogen (secondary N) is 2. The molecule has 1 atom stereocenters. The number of carbonyl (C=O) groups excluding carboxylic acids is 1. The Morgan fingerprint density at radius 3 is 2.57 bits per heavy atom. The van der Waals surface area contributed by atoms with Crippen molar-refractivity contribution in [3.05, 3.63) is 54.0 Å². The number of halogens is 4. The number of hydrogen-bond donors (Lipinski definition) is 2. The first-order chi connectivity index (χ1) is 14.3. The molecule has 0 spiro atoms. The van der Waals surface area contributed by atoms with Crippen LogP contribution in [-0.2, 0) is 16.4 Å². The van der Waals surface area contributed by atoms with Crippen LogP contribution in [0, 0.1) is 0 Å². The normalized spacial score (nSPS) is 19.0. The van der Waals surface area contributed by atoms with Gasteiger partial charge in [-0.25, -0.2) is 9.37 Å². The highest BCUT2D eigenvalue weighted by Crippen LogP contribution is 2.35. The summed E-state index contributed by atoms with van der Waals surface area (Å²) in [7, 11) is 0. The molecular weight excluding hydrogens is 406 g/mol. The van der Waals surface area contributed by atoms with Gasteiger partial charge < -0.3 is 15.1 Å². The second-order valence-corrected chi connectivity index (χ2v) is 6.73. The number of amides is 1. The monoisotopic (exact) mass is 421 g/mol. The van der Waals surface area contributed by atoms with Gasteiger partial charge in [0.25, 0.3) is 5.89 Å². The fourth-order valence-corrected chi connectivity index (χ4v) is 3.15. The number of rotatable bonds is 5. The molecule has 2 N–H and O–H groups in total. The summed E-state index contributed by atoms with van der Waals surface area (Å²) in [4.78, 5) is 16.3. The lowest BCUT2D eigenvalue weighted by Gasteiger charge is -2.16. The fraction of sp³-hybridized carbons (Fsp3) is 0.263. The largest absolute Gasteiger partial charge is 0.418 e. The van der Waals surface area contributed by atoms with E-state index in [-0.39, 0.29) is 23.9 Å². The van der Waals surface area contributed by atoms with Crippen molar-refractivity contribution in [2.75, 3.05) is 18.5 Å². The maximum absolute atomic E-state index is 13.7. The van der Waals surface area contributed by atoms with Crippen molar-refractivity contribution in [2.24, 2.45) is 0 Å². The summed E-state index contributed by atoms with van der Waals surface area (Å²) in [5.74, 6) is -0.724. The Kier molecular flexibility index (Phi) is 4.88.